The molecule has 0 aliphatic heterocycles. The second-order valence-corrected chi connectivity index (χ2v) is 15.9. The molecule has 0 spiro atoms. The second-order valence-electron chi connectivity index (χ2n) is 15.9. The minimum Gasteiger partial charge on any atom is -0.497 e. The Morgan fingerprint density at radius 2 is 1.00 bits per heavy atom. The topological polar surface area (TPSA) is 24.9 Å². The third kappa shape index (κ3) is 5.41. The summed E-state index contributed by atoms with van der Waals surface area (Å²) in [7, 11) is 3.45. The van der Waals surface area contributed by atoms with Gasteiger partial charge in [0.2, 0.25) is 0 Å². The lowest BCUT2D eigenvalue weighted by molar-refractivity contribution is 0.414. The summed E-state index contributed by atoms with van der Waals surface area (Å²) in [5.74, 6) is 1.72. The van der Waals surface area contributed by atoms with Crippen LogP contribution in [0.15, 0.2) is 127 Å². The average molecular weight is 713 g/mol. The molecule has 0 amide bonds. The molecule has 0 heterocycles. The number of hydrogen-bond donors (Lipinski definition) is 0. The van der Waals surface area contributed by atoms with Crippen molar-refractivity contribution >= 4 is 22.7 Å². The van der Waals surface area contributed by atoms with E-state index in [4.69, 9.17) is 9.47 Å². The van der Waals surface area contributed by atoms with Crippen molar-refractivity contribution < 1.29 is 9.47 Å². The maximum Gasteiger partial charge on any atom is 0.119 e. The van der Waals surface area contributed by atoms with Crippen LogP contribution in [0.5, 0.6) is 11.5 Å². The van der Waals surface area contributed by atoms with Gasteiger partial charge < -0.3 is 19.3 Å². The lowest BCUT2D eigenvalue weighted by Gasteiger charge is -2.44. The summed E-state index contributed by atoms with van der Waals surface area (Å²) in [6, 6.07) is 47.3. The maximum atomic E-state index is 5.55. The zero-order chi connectivity index (χ0) is 38.0. The SMILES string of the molecule is CCC(C)(c1ccc2c(c1)C(C)(C)c1cc3c(cc1-2)C3(CC)N(c1ccc(C)cc1)c1ccc(OC)cc1)N(c1ccc(C)cc1)c1ccc(OC)cc1. The van der Waals surface area contributed by atoms with Gasteiger partial charge in [0.15, 0.2) is 0 Å². The van der Waals surface area contributed by atoms with E-state index in [1.165, 1.54) is 61.4 Å². The van der Waals surface area contributed by atoms with Crippen molar-refractivity contribution in [1.29, 1.82) is 0 Å². The van der Waals surface area contributed by atoms with Crippen molar-refractivity contribution in [3.63, 3.8) is 0 Å². The second kappa shape index (κ2) is 13.1. The van der Waals surface area contributed by atoms with Crippen molar-refractivity contribution in [2.75, 3.05) is 24.0 Å². The largest absolute Gasteiger partial charge is 0.497 e. The fourth-order valence-electron chi connectivity index (χ4n) is 9.14. The molecule has 54 heavy (non-hydrogen) atoms. The predicted molar refractivity (Wildman–Crippen MR) is 225 cm³/mol. The molecule has 2 aliphatic rings. The molecule has 0 bridgehead atoms. The Hall–Kier alpha value is -5.48. The van der Waals surface area contributed by atoms with E-state index in [1.54, 1.807) is 14.2 Å². The van der Waals surface area contributed by atoms with Crippen LogP contribution >= 0.6 is 0 Å². The third-order valence-electron chi connectivity index (χ3n) is 12.6. The fourth-order valence-corrected chi connectivity index (χ4v) is 9.14. The summed E-state index contributed by atoms with van der Waals surface area (Å²) in [5, 5.41) is 0. The van der Waals surface area contributed by atoms with Crippen LogP contribution in [0, 0.1) is 13.8 Å². The smallest absolute Gasteiger partial charge is 0.119 e. The number of anilines is 4. The van der Waals surface area contributed by atoms with E-state index in [0.717, 1.165) is 35.7 Å². The summed E-state index contributed by atoms with van der Waals surface area (Å²) in [6.07, 6.45) is 1.89. The van der Waals surface area contributed by atoms with E-state index in [9.17, 15) is 0 Å². The number of ether oxygens (including phenoxy) is 2. The molecule has 0 saturated heterocycles. The highest BCUT2D eigenvalue weighted by molar-refractivity contribution is 5.88. The molecule has 2 atom stereocenters. The monoisotopic (exact) mass is 712 g/mol. The first-order chi connectivity index (χ1) is 26.0. The molecular weight excluding hydrogens is 661 g/mol. The van der Waals surface area contributed by atoms with Crippen LogP contribution in [0.4, 0.5) is 22.7 Å². The van der Waals surface area contributed by atoms with E-state index in [0.29, 0.717) is 0 Å². The van der Waals surface area contributed by atoms with Crippen molar-refractivity contribution in [3.8, 4) is 22.6 Å². The van der Waals surface area contributed by atoms with Crippen LogP contribution in [0.25, 0.3) is 11.1 Å². The summed E-state index contributed by atoms with van der Waals surface area (Å²) >= 11 is 0. The summed E-state index contributed by atoms with van der Waals surface area (Å²) in [5.41, 5.74) is 16.1. The van der Waals surface area contributed by atoms with E-state index in [1.807, 2.05) is 0 Å². The van der Waals surface area contributed by atoms with E-state index < -0.39 is 0 Å². The molecule has 6 aromatic carbocycles. The van der Waals surface area contributed by atoms with Crippen LogP contribution in [-0.4, -0.2) is 14.2 Å². The molecule has 4 nitrogen and oxygen atoms in total. The van der Waals surface area contributed by atoms with E-state index in [2.05, 4.69) is 186 Å². The van der Waals surface area contributed by atoms with Gasteiger partial charge in [0.25, 0.3) is 0 Å². The van der Waals surface area contributed by atoms with Crippen LogP contribution in [-0.2, 0) is 16.5 Å². The summed E-state index contributed by atoms with van der Waals surface area (Å²) < 4.78 is 11.1. The normalized spacial score (nSPS) is 17.1. The van der Waals surface area contributed by atoms with Crippen LogP contribution in [0.1, 0.15) is 86.4 Å². The van der Waals surface area contributed by atoms with Gasteiger partial charge in [-0.25, -0.2) is 0 Å². The zero-order valence-electron chi connectivity index (χ0n) is 33.2. The number of hydrogen-bond acceptors (Lipinski definition) is 4. The van der Waals surface area contributed by atoms with Crippen molar-refractivity contribution in [1.82, 2.24) is 0 Å². The Balaban J connectivity index is 1.23. The molecule has 2 unspecified atom stereocenters. The van der Waals surface area contributed by atoms with Crippen molar-refractivity contribution in [2.45, 2.75) is 77.8 Å². The lowest BCUT2D eigenvalue weighted by atomic mass is 9.79. The van der Waals surface area contributed by atoms with Gasteiger partial charge in [-0.2, -0.15) is 0 Å². The Kier molecular flexibility index (Phi) is 8.64. The Labute approximate surface area is 322 Å². The molecule has 4 heteroatoms. The van der Waals surface area contributed by atoms with E-state index in [-0.39, 0.29) is 16.5 Å². The molecule has 274 valence electrons. The highest BCUT2D eigenvalue weighted by atomic mass is 16.5. The molecule has 0 fully saturated rings. The molecule has 0 N–H and O–H groups in total. The standard InChI is InChI=1S/C50H52N2O2/c1-10-49(7,51(36-17-12-33(3)13-18-36)37-21-25-40(53-8)26-22-37)35-16-29-42-43-31-46-47(32-45(43)48(5,6)44(42)30-35)50(46,11-2)52(38-19-14-34(4)15-20-38)39-23-27-41(54-9)28-24-39/h12-32H,10-11H2,1-9H3. The van der Waals surface area contributed by atoms with Gasteiger partial charge in [0.1, 0.15) is 11.5 Å². The van der Waals surface area contributed by atoms with Gasteiger partial charge in [-0.3, -0.25) is 0 Å². The van der Waals surface area contributed by atoms with Crippen LogP contribution in [0.3, 0.4) is 0 Å². The highest BCUT2D eigenvalue weighted by Gasteiger charge is 2.56. The number of nitrogens with zero attached hydrogens (tertiary/aromatic N) is 2. The van der Waals surface area contributed by atoms with Gasteiger partial charge >= 0.3 is 0 Å². The van der Waals surface area contributed by atoms with Gasteiger partial charge in [-0.05, 0) is 151 Å². The maximum absolute atomic E-state index is 5.55. The van der Waals surface area contributed by atoms with Crippen LogP contribution in [0.2, 0.25) is 0 Å². The first-order valence-corrected chi connectivity index (χ1v) is 19.4. The minimum atomic E-state index is -0.318. The fraction of sp³-hybridized carbons (Fsp3) is 0.280. The number of rotatable bonds is 11. The van der Waals surface area contributed by atoms with Crippen molar-refractivity contribution in [3.05, 3.63) is 166 Å². The molecule has 0 radical (unpaired) electrons. The van der Waals surface area contributed by atoms with Gasteiger partial charge in [0, 0.05) is 28.2 Å². The Morgan fingerprint density at radius 1 is 0.537 bits per heavy atom. The summed E-state index contributed by atoms with van der Waals surface area (Å²) in [6.45, 7) is 16.2. The molecular formula is C50H52N2O2. The first-order valence-electron chi connectivity index (χ1n) is 19.4. The predicted octanol–water partition coefficient (Wildman–Crippen LogP) is 12.9. The Bertz CT molecular complexity index is 2320. The third-order valence-corrected chi connectivity index (χ3v) is 12.6. The number of benzene rings is 6. The van der Waals surface area contributed by atoms with Crippen LogP contribution < -0.4 is 19.3 Å². The molecule has 0 saturated carbocycles. The molecule has 8 rings (SSSR count). The van der Waals surface area contributed by atoms with Gasteiger partial charge in [0.05, 0.1) is 25.3 Å². The highest BCUT2D eigenvalue weighted by Crippen LogP contribution is 2.63. The quantitative estimate of drug-likeness (QED) is 0.134. The average Bonchev–Trinajstić information content (AvgIpc) is 3.78. The lowest BCUT2D eigenvalue weighted by Crippen LogP contribution is -2.40. The first kappa shape index (κ1) is 35.5. The molecule has 2 aliphatic carbocycles. The summed E-state index contributed by atoms with van der Waals surface area (Å²) in [4.78, 5) is 5.06. The number of fused-ring (bicyclic) bond motifs is 4. The molecule has 0 aromatic heterocycles. The number of aryl methyl sites for hydroxylation is 2. The minimum absolute atomic E-state index is 0.171. The zero-order valence-corrected chi connectivity index (χ0v) is 33.2. The molecule has 6 aromatic rings. The van der Waals surface area contributed by atoms with E-state index >= 15 is 0 Å². The Morgan fingerprint density at radius 3 is 1.50 bits per heavy atom. The number of methoxy groups -OCH3 is 2. The van der Waals surface area contributed by atoms with Crippen molar-refractivity contribution in [2.24, 2.45) is 0 Å². The van der Waals surface area contributed by atoms with Gasteiger partial charge in [-0.15, -0.1) is 0 Å². The van der Waals surface area contributed by atoms with Gasteiger partial charge in [-0.1, -0.05) is 87.4 Å².